The highest BCUT2D eigenvalue weighted by molar-refractivity contribution is 5.77. The molecule has 112 valence electrons. The predicted octanol–water partition coefficient (Wildman–Crippen LogP) is 1.74. The average Bonchev–Trinajstić information content (AvgIpc) is 2.72. The molecule has 1 aliphatic heterocycles. The van der Waals surface area contributed by atoms with Gasteiger partial charge in [-0.05, 0) is 46.1 Å². The molecule has 1 amide bonds. The number of carbonyl (C=O) groups excluding carboxylic acids is 1. The lowest BCUT2D eigenvalue weighted by molar-refractivity contribution is -0.123. The third kappa shape index (κ3) is 5.91. The zero-order chi connectivity index (χ0) is 14.5. The maximum absolute atomic E-state index is 12.0. The van der Waals surface area contributed by atoms with Crippen molar-refractivity contribution in [3.8, 4) is 0 Å². The second-order valence-corrected chi connectivity index (χ2v) is 6.83. The second kappa shape index (κ2) is 7.25. The van der Waals surface area contributed by atoms with Crippen molar-refractivity contribution in [1.29, 1.82) is 0 Å². The monoisotopic (exact) mass is 269 g/mol. The first-order valence-electron chi connectivity index (χ1n) is 7.60. The summed E-state index contributed by atoms with van der Waals surface area (Å²) >= 11 is 0. The Morgan fingerprint density at radius 3 is 2.68 bits per heavy atom. The number of hydrogen-bond donors (Lipinski definition) is 2. The first kappa shape index (κ1) is 16.4. The summed E-state index contributed by atoms with van der Waals surface area (Å²) < 4.78 is 0. The van der Waals surface area contributed by atoms with E-state index in [4.69, 9.17) is 5.73 Å². The number of rotatable bonds is 6. The van der Waals surface area contributed by atoms with Gasteiger partial charge in [0.05, 0.1) is 0 Å². The Morgan fingerprint density at radius 2 is 2.16 bits per heavy atom. The molecule has 1 saturated heterocycles. The molecule has 0 spiro atoms. The van der Waals surface area contributed by atoms with E-state index in [0.29, 0.717) is 13.0 Å². The van der Waals surface area contributed by atoms with Crippen molar-refractivity contribution in [3.63, 3.8) is 0 Å². The first-order valence-corrected chi connectivity index (χ1v) is 7.60. The molecule has 0 aromatic heterocycles. The van der Waals surface area contributed by atoms with E-state index in [1.165, 1.54) is 19.3 Å². The number of nitrogens with two attached hydrogens (primary N) is 1. The van der Waals surface area contributed by atoms with Crippen molar-refractivity contribution in [2.75, 3.05) is 19.6 Å². The van der Waals surface area contributed by atoms with E-state index in [1.807, 2.05) is 20.8 Å². The minimum absolute atomic E-state index is 0.113. The van der Waals surface area contributed by atoms with Gasteiger partial charge in [0.25, 0.3) is 0 Å². The lowest BCUT2D eigenvalue weighted by atomic mass is 10.0. The van der Waals surface area contributed by atoms with Gasteiger partial charge in [-0.15, -0.1) is 0 Å². The average molecular weight is 269 g/mol. The van der Waals surface area contributed by atoms with Crippen molar-refractivity contribution in [2.24, 2.45) is 11.7 Å². The third-order valence-electron chi connectivity index (χ3n) is 3.74. The van der Waals surface area contributed by atoms with Crippen molar-refractivity contribution < 1.29 is 4.79 Å². The van der Waals surface area contributed by atoms with Gasteiger partial charge in [0.15, 0.2) is 0 Å². The van der Waals surface area contributed by atoms with Crippen LogP contribution in [0.4, 0.5) is 0 Å². The van der Waals surface area contributed by atoms with Crippen LogP contribution >= 0.6 is 0 Å². The predicted molar refractivity (Wildman–Crippen MR) is 79.9 cm³/mol. The Bertz CT molecular complexity index is 286. The number of amides is 1. The summed E-state index contributed by atoms with van der Waals surface area (Å²) in [5.41, 5.74) is 5.70. The third-order valence-corrected chi connectivity index (χ3v) is 3.74. The summed E-state index contributed by atoms with van der Waals surface area (Å²) in [6, 6.07) is 0.198. The van der Waals surface area contributed by atoms with Gasteiger partial charge in [-0.3, -0.25) is 9.69 Å². The molecule has 1 fully saturated rings. The van der Waals surface area contributed by atoms with Crippen LogP contribution in [0.1, 0.15) is 53.4 Å². The standard InChI is InChI=1S/C15H31N3O/c1-5-6-12-7-8-18(11-12)13(10-16)9-14(19)17-15(2,3)4/h12-13H,5-11,16H2,1-4H3,(H,17,19). The van der Waals surface area contributed by atoms with E-state index in [0.717, 1.165) is 19.0 Å². The summed E-state index contributed by atoms with van der Waals surface area (Å²) in [6.07, 6.45) is 4.32. The van der Waals surface area contributed by atoms with Gasteiger partial charge in [0.2, 0.25) is 5.91 Å². The van der Waals surface area contributed by atoms with Crippen molar-refractivity contribution in [1.82, 2.24) is 10.2 Å². The fourth-order valence-electron chi connectivity index (χ4n) is 2.88. The molecule has 0 bridgehead atoms. The maximum atomic E-state index is 12.0. The molecule has 1 aliphatic rings. The number of likely N-dealkylation sites (tertiary alicyclic amines) is 1. The lowest BCUT2D eigenvalue weighted by Crippen LogP contribution is -2.46. The van der Waals surface area contributed by atoms with Gasteiger partial charge < -0.3 is 11.1 Å². The fraction of sp³-hybridized carbons (Fsp3) is 0.933. The Balaban J connectivity index is 2.44. The largest absolute Gasteiger partial charge is 0.351 e. The van der Waals surface area contributed by atoms with Crippen LogP contribution in [0.5, 0.6) is 0 Å². The molecule has 0 aliphatic carbocycles. The highest BCUT2D eigenvalue weighted by atomic mass is 16.1. The molecular formula is C15H31N3O. The van der Waals surface area contributed by atoms with Crippen LogP contribution in [0, 0.1) is 5.92 Å². The second-order valence-electron chi connectivity index (χ2n) is 6.83. The maximum Gasteiger partial charge on any atom is 0.222 e. The fourth-order valence-corrected chi connectivity index (χ4v) is 2.88. The van der Waals surface area contributed by atoms with Crippen molar-refractivity contribution in [3.05, 3.63) is 0 Å². The Hall–Kier alpha value is -0.610. The first-order chi connectivity index (χ1) is 8.85. The van der Waals surface area contributed by atoms with Crippen LogP contribution in [0.2, 0.25) is 0 Å². The van der Waals surface area contributed by atoms with E-state index >= 15 is 0 Å². The van der Waals surface area contributed by atoms with E-state index in [9.17, 15) is 4.79 Å². The molecule has 1 rings (SSSR count). The van der Waals surface area contributed by atoms with Gasteiger partial charge in [0.1, 0.15) is 0 Å². The molecular weight excluding hydrogens is 238 g/mol. The molecule has 2 unspecified atom stereocenters. The van der Waals surface area contributed by atoms with Crippen molar-refractivity contribution in [2.45, 2.75) is 65.0 Å². The van der Waals surface area contributed by atoms with Crippen LogP contribution < -0.4 is 11.1 Å². The highest BCUT2D eigenvalue weighted by Gasteiger charge is 2.28. The summed E-state index contributed by atoms with van der Waals surface area (Å²) in [4.78, 5) is 14.4. The summed E-state index contributed by atoms with van der Waals surface area (Å²) in [5, 5.41) is 3.02. The van der Waals surface area contributed by atoms with Gasteiger partial charge in [-0.1, -0.05) is 13.3 Å². The molecule has 4 heteroatoms. The van der Waals surface area contributed by atoms with Gasteiger partial charge in [-0.2, -0.15) is 0 Å². The van der Waals surface area contributed by atoms with Crippen LogP contribution in [0.3, 0.4) is 0 Å². The molecule has 1 heterocycles. The van der Waals surface area contributed by atoms with Crippen LogP contribution in [-0.2, 0) is 4.79 Å². The normalized spacial score (nSPS) is 22.5. The topological polar surface area (TPSA) is 58.4 Å². The van der Waals surface area contributed by atoms with Crippen LogP contribution in [-0.4, -0.2) is 42.0 Å². The van der Waals surface area contributed by atoms with Crippen LogP contribution in [0.15, 0.2) is 0 Å². The van der Waals surface area contributed by atoms with Crippen molar-refractivity contribution >= 4 is 5.91 Å². The number of nitrogens with zero attached hydrogens (tertiary/aromatic N) is 1. The quantitative estimate of drug-likeness (QED) is 0.772. The Kier molecular flexibility index (Phi) is 6.27. The van der Waals surface area contributed by atoms with Gasteiger partial charge in [0, 0.05) is 31.1 Å². The zero-order valence-electron chi connectivity index (χ0n) is 13.0. The minimum Gasteiger partial charge on any atom is -0.351 e. The minimum atomic E-state index is -0.161. The molecule has 19 heavy (non-hydrogen) atoms. The van der Waals surface area contributed by atoms with Gasteiger partial charge in [-0.25, -0.2) is 0 Å². The lowest BCUT2D eigenvalue weighted by Gasteiger charge is -2.28. The van der Waals surface area contributed by atoms with E-state index in [1.54, 1.807) is 0 Å². The molecule has 4 nitrogen and oxygen atoms in total. The summed E-state index contributed by atoms with van der Waals surface area (Å²) in [5.74, 6) is 0.909. The smallest absolute Gasteiger partial charge is 0.222 e. The Labute approximate surface area is 118 Å². The SMILES string of the molecule is CCCC1CCN(C(CN)CC(=O)NC(C)(C)C)C1. The van der Waals surface area contributed by atoms with Gasteiger partial charge >= 0.3 is 0 Å². The summed E-state index contributed by atoms with van der Waals surface area (Å²) in [7, 11) is 0. The number of carbonyl (C=O) groups is 1. The van der Waals surface area contributed by atoms with E-state index in [2.05, 4.69) is 17.1 Å². The molecule has 0 radical (unpaired) electrons. The zero-order valence-corrected chi connectivity index (χ0v) is 13.0. The molecule has 0 aromatic rings. The summed E-state index contributed by atoms with van der Waals surface area (Å²) in [6.45, 7) is 11.0. The van der Waals surface area contributed by atoms with E-state index < -0.39 is 0 Å². The highest BCUT2D eigenvalue weighted by Crippen LogP contribution is 2.23. The molecule has 0 saturated carbocycles. The molecule has 0 aromatic carbocycles. The number of hydrogen-bond acceptors (Lipinski definition) is 3. The van der Waals surface area contributed by atoms with E-state index in [-0.39, 0.29) is 17.5 Å². The molecule has 3 N–H and O–H groups in total. The molecule has 2 atom stereocenters. The van der Waals surface area contributed by atoms with Crippen LogP contribution in [0.25, 0.3) is 0 Å². The number of nitrogens with one attached hydrogen (secondary N) is 1. The Morgan fingerprint density at radius 1 is 1.47 bits per heavy atom.